The molecule has 0 bridgehead atoms. The van der Waals surface area contributed by atoms with E-state index in [0.29, 0.717) is 29.4 Å². The molecule has 1 amide bonds. The van der Waals surface area contributed by atoms with Crippen molar-refractivity contribution in [2.45, 2.75) is 53.3 Å². The second kappa shape index (κ2) is 11.4. The molecule has 1 atom stereocenters. The molecule has 170 valence electrons. The van der Waals surface area contributed by atoms with Gasteiger partial charge in [-0.25, -0.2) is 0 Å². The van der Waals surface area contributed by atoms with Crippen molar-refractivity contribution >= 4 is 24.8 Å². The summed E-state index contributed by atoms with van der Waals surface area (Å²) in [5.41, 5.74) is 2.77. The number of carbonyl (C=O) groups is 2. The van der Waals surface area contributed by atoms with E-state index in [0.717, 1.165) is 17.9 Å². The van der Waals surface area contributed by atoms with Gasteiger partial charge in [0.25, 0.3) is 0 Å². The molecule has 2 aromatic carbocycles. The number of hydrogen-bond acceptors (Lipinski definition) is 3. The number of esters is 1. The van der Waals surface area contributed by atoms with E-state index in [2.05, 4.69) is 19.2 Å². The number of ether oxygens (including phenoxy) is 1. The van der Waals surface area contributed by atoms with Crippen LogP contribution in [0.1, 0.15) is 43.9 Å². The molecule has 31 heavy (non-hydrogen) atoms. The van der Waals surface area contributed by atoms with E-state index in [-0.39, 0.29) is 30.0 Å². The number of amides is 1. The molecular weight excluding hydrogens is 412 g/mol. The van der Waals surface area contributed by atoms with Crippen LogP contribution in [0.25, 0.3) is 0 Å². The Morgan fingerprint density at radius 1 is 1.03 bits per heavy atom. The molecule has 0 aliphatic rings. The number of anilines is 1. The van der Waals surface area contributed by atoms with Crippen LogP contribution in [0.3, 0.4) is 0 Å². The van der Waals surface area contributed by atoms with Gasteiger partial charge >= 0.3 is 186 Å². The van der Waals surface area contributed by atoms with Crippen molar-refractivity contribution in [1.82, 2.24) is 0 Å². The number of carbonyl (C=O) groups excluding carboxylic acids is 2. The molecular formula is C25H35FNO3P. The summed E-state index contributed by atoms with van der Waals surface area (Å²) in [6.45, 7) is 9.97. The average Bonchev–Trinajstić information content (AvgIpc) is 2.75. The van der Waals surface area contributed by atoms with E-state index in [9.17, 15) is 14.0 Å². The van der Waals surface area contributed by atoms with E-state index < -0.39 is 7.26 Å². The van der Waals surface area contributed by atoms with Gasteiger partial charge in [0.15, 0.2) is 0 Å². The molecule has 2 rings (SSSR count). The molecule has 0 saturated carbocycles. The molecule has 2 aromatic rings. The second-order valence-corrected chi connectivity index (χ2v) is 13.4. The summed E-state index contributed by atoms with van der Waals surface area (Å²) in [6, 6.07) is 12.4. The van der Waals surface area contributed by atoms with Crippen molar-refractivity contribution in [2.75, 3.05) is 23.8 Å². The fourth-order valence-corrected chi connectivity index (χ4v) is 8.81. The number of hydrogen-bond donors (Lipinski definition) is 1. The first-order valence-corrected chi connectivity index (χ1v) is 13.7. The first-order valence-electron chi connectivity index (χ1n) is 11.0. The standard InChI is InChI=1S/C25H35FNO3P/c1-6-22(25(29)27-24-18(4)14-21(26)15-19(24)5)31(7-2,8-3)17-23(28)30-16-20-12-10-9-11-13-20/h9-15,22,31H,6-8,16-17H2,1-5H3,(H,27,29). The molecule has 0 aromatic heterocycles. The molecule has 0 aliphatic carbocycles. The third-order valence-corrected chi connectivity index (χ3v) is 12.3. The van der Waals surface area contributed by atoms with Crippen LogP contribution in [0, 0.1) is 19.7 Å². The zero-order valence-corrected chi connectivity index (χ0v) is 20.3. The molecule has 1 N–H and O–H groups in total. The molecule has 0 fully saturated rings. The van der Waals surface area contributed by atoms with Crippen molar-refractivity contribution in [3.63, 3.8) is 0 Å². The van der Waals surface area contributed by atoms with E-state index in [1.54, 1.807) is 13.8 Å². The van der Waals surface area contributed by atoms with Gasteiger partial charge in [-0.05, 0) is 0 Å². The van der Waals surface area contributed by atoms with E-state index in [1.807, 2.05) is 37.3 Å². The van der Waals surface area contributed by atoms with Crippen LogP contribution in [0.4, 0.5) is 10.1 Å². The Labute approximate surface area is 185 Å². The Balaban J connectivity index is 2.17. The second-order valence-electron chi connectivity index (χ2n) is 8.26. The van der Waals surface area contributed by atoms with E-state index in [4.69, 9.17) is 4.74 Å². The van der Waals surface area contributed by atoms with Gasteiger partial charge in [0, 0.05) is 0 Å². The quantitative estimate of drug-likeness (QED) is 0.376. The molecule has 0 heterocycles. The van der Waals surface area contributed by atoms with Gasteiger partial charge in [0.1, 0.15) is 0 Å². The zero-order valence-electron chi connectivity index (χ0n) is 19.3. The summed E-state index contributed by atoms with van der Waals surface area (Å²) < 4.78 is 19.2. The van der Waals surface area contributed by atoms with Gasteiger partial charge in [-0.3, -0.25) is 0 Å². The van der Waals surface area contributed by atoms with Crippen LogP contribution in [-0.2, 0) is 20.9 Å². The summed E-state index contributed by atoms with van der Waals surface area (Å²) in [4.78, 5) is 26.1. The first kappa shape index (κ1) is 25.0. The number of rotatable bonds is 10. The van der Waals surface area contributed by atoms with Gasteiger partial charge in [-0.15, -0.1) is 0 Å². The van der Waals surface area contributed by atoms with E-state index in [1.165, 1.54) is 12.1 Å². The van der Waals surface area contributed by atoms with Crippen LogP contribution >= 0.6 is 7.26 Å². The minimum atomic E-state index is -2.30. The third kappa shape index (κ3) is 6.36. The van der Waals surface area contributed by atoms with Crippen molar-refractivity contribution in [2.24, 2.45) is 0 Å². The number of nitrogens with one attached hydrogen (secondary N) is 1. The Hall–Kier alpha value is -2.26. The Bertz CT molecular complexity index is 874. The minimum absolute atomic E-state index is 0.0773. The third-order valence-electron chi connectivity index (χ3n) is 6.36. The molecule has 6 heteroatoms. The number of benzene rings is 2. The Morgan fingerprint density at radius 2 is 1.61 bits per heavy atom. The predicted molar refractivity (Wildman–Crippen MR) is 129 cm³/mol. The van der Waals surface area contributed by atoms with Gasteiger partial charge in [-0.2, -0.15) is 0 Å². The Kier molecular flexibility index (Phi) is 9.18. The molecule has 0 aliphatic heterocycles. The molecule has 0 radical (unpaired) electrons. The van der Waals surface area contributed by atoms with E-state index >= 15 is 0 Å². The van der Waals surface area contributed by atoms with Gasteiger partial charge in [0.05, 0.1) is 0 Å². The average molecular weight is 448 g/mol. The van der Waals surface area contributed by atoms with Crippen LogP contribution in [0.15, 0.2) is 42.5 Å². The summed E-state index contributed by atoms with van der Waals surface area (Å²) in [6.07, 6.45) is 2.61. The molecule has 4 nitrogen and oxygen atoms in total. The maximum absolute atomic E-state index is 13.7. The molecule has 1 unspecified atom stereocenters. The van der Waals surface area contributed by atoms with Gasteiger partial charge in [-0.1, -0.05) is 0 Å². The van der Waals surface area contributed by atoms with Crippen LogP contribution in [0.5, 0.6) is 0 Å². The topological polar surface area (TPSA) is 55.4 Å². The van der Waals surface area contributed by atoms with Crippen molar-refractivity contribution in [3.05, 3.63) is 65.0 Å². The van der Waals surface area contributed by atoms with Gasteiger partial charge < -0.3 is 0 Å². The number of halogens is 1. The van der Waals surface area contributed by atoms with Crippen LogP contribution < -0.4 is 5.32 Å². The monoisotopic (exact) mass is 447 g/mol. The van der Waals surface area contributed by atoms with Gasteiger partial charge in [0.2, 0.25) is 0 Å². The number of aryl methyl sites for hydroxylation is 2. The maximum atomic E-state index is 13.7. The van der Waals surface area contributed by atoms with Crippen molar-refractivity contribution < 1.29 is 18.7 Å². The normalized spacial score (nSPS) is 12.8. The Morgan fingerprint density at radius 3 is 2.13 bits per heavy atom. The van der Waals surface area contributed by atoms with Crippen molar-refractivity contribution in [3.8, 4) is 0 Å². The fourth-order valence-electron chi connectivity index (χ4n) is 4.41. The predicted octanol–water partition coefficient (Wildman–Crippen LogP) is 5.69. The summed E-state index contributed by atoms with van der Waals surface area (Å²) in [5, 5.41) is 3.04. The SMILES string of the molecule is CCC(C(=O)Nc1c(C)cc(F)cc1C)[PH](CC)(CC)CC(=O)OCc1ccccc1. The van der Waals surface area contributed by atoms with Crippen molar-refractivity contribution in [1.29, 1.82) is 0 Å². The molecule has 0 saturated heterocycles. The summed E-state index contributed by atoms with van der Waals surface area (Å²) in [5.74, 6) is -0.627. The summed E-state index contributed by atoms with van der Waals surface area (Å²) >= 11 is 0. The van der Waals surface area contributed by atoms with Crippen LogP contribution in [0.2, 0.25) is 0 Å². The fraction of sp³-hybridized carbons (Fsp3) is 0.440. The summed E-state index contributed by atoms with van der Waals surface area (Å²) in [7, 11) is -2.30. The molecule has 0 spiro atoms. The zero-order chi connectivity index (χ0) is 23.0. The first-order chi connectivity index (χ1) is 14.8. The van der Waals surface area contributed by atoms with Crippen LogP contribution in [-0.4, -0.2) is 36.0 Å².